The van der Waals surface area contributed by atoms with Gasteiger partial charge in [-0.3, -0.25) is 4.79 Å². The fourth-order valence-electron chi connectivity index (χ4n) is 3.63. The fraction of sp³-hybridized carbons (Fsp3) is 0.222. The van der Waals surface area contributed by atoms with Gasteiger partial charge in [0.1, 0.15) is 18.2 Å². The molecule has 4 aromatic rings. The molecule has 186 valence electrons. The van der Waals surface area contributed by atoms with Crippen molar-refractivity contribution in [1.82, 2.24) is 9.66 Å². The van der Waals surface area contributed by atoms with Gasteiger partial charge in [0.2, 0.25) is 0 Å². The first-order valence-electron chi connectivity index (χ1n) is 11.5. The van der Waals surface area contributed by atoms with Crippen LogP contribution in [-0.2, 0) is 13.0 Å². The molecule has 0 aliphatic rings. The Kier molecular flexibility index (Phi) is 8.73. The smallest absolute Gasteiger partial charge is 0.282 e. The first kappa shape index (κ1) is 26.3. The maximum atomic E-state index is 13.2. The van der Waals surface area contributed by atoms with E-state index in [-0.39, 0.29) is 18.0 Å². The minimum atomic E-state index is -0.289. The Morgan fingerprint density at radius 3 is 2.61 bits per heavy atom. The van der Waals surface area contributed by atoms with Gasteiger partial charge in [0, 0.05) is 10.9 Å². The molecule has 0 aliphatic carbocycles. The zero-order chi connectivity index (χ0) is 25.7. The van der Waals surface area contributed by atoms with E-state index in [1.54, 1.807) is 24.4 Å². The summed E-state index contributed by atoms with van der Waals surface area (Å²) in [7, 11) is 0. The number of benzene rings is 3. The summed E-state index contributed by atoms with van der Waals surface area (Å²) >= 11 is 5.61. The summed E-state index contributed by atoms with van der Waals surface area (Å²) in [5, 5.41) is 5.01. The van der Waals surface area contributed by atoms with Crippen LogP contribution in [0, 0.1) is 9.39 Å². The molecular weight excluding hydrogens is 640 g/mol. The summed E-state index contributed by atoms with van der Waals surface area (Å²) < 4.78 is 28.1. The number of aromatic nitrogens is 2. The lowest BCUT2D eigenvalue weighted by Crippen LogP contribution is -2.22. The van der Waals surface area contributed by atoms with E-state index in [2.05, 4.69) is 48.6 Å². The van der Waals surface area contributed by atoms with E-state index in [1.165, 1.54) is 16.8 Å². The molecule has 0 saturated heterocycles. The second kappa shape index (κ2) is 12.0. The van der Waals surface area contributed by atoms with Crippen LogP contribution in [0.2, 0.25) is 0 Å². The van der Waals surface area contributed by atoms with Gasteiger partial charge in [-0.05, 0) is 89.5 Å². The first-order chi connectivity index (χ1) is 17.4. The summed E-state index contributed by atoms with van der Waals surface area (Å²) in [5.41, 5.74) is 2.02. The van der Waals surface area contributed by atoms with Gasteiger partial charge in [-0.15, -0.1) is 0 Å². The largest absolute Gasteiger partial charge is 0.490 e. The lowest BCUT2D eigenvalue weighted by atomic mass is 10.2. The molecule has 0 aliphatic heterocycles. The van der Waals surface area contributed by atoms with Crippen molar-refractivity contribution in [3.8, 4) is 11.5 Å². The van der Waals surface area contributed by atoms with Gasteiger partial charge in [-0.25, -0.2) is 9.37 Å². The Morgan fingerprint density at radius 2 is 1.89 bits per heavy atom. The van der Waals surface area contributed by atoms with Crippen molar-refractivity contribution in [2.75, 3.05) is 6.61 Å². The standard InChI is InChI=1S/C27H24BrFIN3O3/c1-3-5-25-32-23-11-8-19(28)14-21(23)27(34)33(25)31-15-18-12-22(30)26(24(13-18)35-4-2)36-16-17-6-9-20(29)10-7-17/h6-15H,3-5,16H2,1-2H3. The van der Waals surface area contributed by atoms with Crippen molar-refractivity contribution >= 4 is 55.6 Å². The van der Waals surface area contributed by atoms with Crippen LogP contribution >= 0.6 is 38.5 Å². The van der Waals surface area contributed by atoms with Gasteiger partial charge < -0.3 is 9.47 Å². The molecule has 4 rings (SSSR count). The van der Waals surface area contributed by atoms with Crippen molar-refractivity contribution in [2.24, 2.45) is 5.10 Å². The number of hydrogen-bond donors (Lipinski definition) is 0. The van der Waals surface area contributed by atoms with Crippen LogP contribution in [0.3, 0.4) is 0 Å². The Balaban J connectivity index is 1.68. The van der Waals surface area contributed by atoms with Gasteiger partial charge in [0.15, 0.2) is 11.5 Å². The van der Waals surface area contributed by atoms with Crippen molar-refractivity contribution in [2.45, 2.75) is 33.3 Å². The second-order valence-electron chi connectivity index (χ2n) is 7.98. The highest BCUT2D eigenvalue weighted by atomic mass is 127. The predicted octanol–water partition coefficient (Wildman–Crippen LogP) is 6.72. The molecule has 0 amide bonds. The minimum Gasteiger partial charge on any atom is -0.490 e. The zero-order valence-corrected chi connectivity index (χ0v) is 23.5. The van der Waals surface area contributed by atoms with E-state index in [0.29, 0.717) is 41.3 Å². The van der Waals surface area contributed by atoms with Gasteiger partial charge >= 0.3 is 0 Å². The van der Waals surface area contributed by atoms with Crippen LogP contribution in [0.25, 0.3) is 10.9 Å². The van der Waals surface area contributed by atoms with Crippen LogP contribution in [0.15, 0.2) is 69.0 Å². The van der Waals surface area contributed by atoms with Gasteiger partial charge in [-0.2, -0.15) is 9.78 Å². The minimum absolute atomic E-state index is 0.222. The lowest BCUT2D eigenvalue weighted by molar-refractivity contribution is 0.267. The molecule has 1 heterocycles. The molecule has 3 aromatic carbocycles. The van der Waals surface area contributed by atoms with E-state index in [9.17, 15) is 9.18 Å². The molecule has 0 fully saturated rings. The third-order valence-electron chi connectivity index (χ3n) is 5.30. The molecule has 0 bridgehead atoms. The van der Waals surface area contributed by atoms with Crippen molar-refractivity contribution in [3.05, 3.63) is 95.8 Å². The predicted molar refractivity (Wildman–Crippen MR) is 152 cm³/mol. The molecule has 0 N–H and O–H groups in total. The Morgan fingerprint density at radius 1 is 1.11 bits per heavy atom. The molecule has 6 nitrogen and oxygen atoms in total. The lowest BCUT2D eigenvalue weighted by Gasteiger charge is -2.15. The normalized spacial score (nSPS) is 11.4. The van der Waals surface area contributed by atoms with E-state index in [1.807, 2.05) is 38.1 Å². The van der Waals surface area contributed by atoms with Crippen LogP contribution in [-0.4, -0.2) is 22.5 Å². The summed E-state index contributed by atoms with van der Waals surface area (Å²) in [5.74, 6) is 1.48. The van der Waals surface area contributed by atoms with Gasteiger partial charge in [0.25, 0.3) is 5.56 Å². The molecule has 0 spiro atoms. The van der Waals surface area contributed by atoms with E-state index in [0.717, 1.165) is 25.6 Å². The topological polar surface area (TPSA) is 65.7 Å². The summed E-state index contributed by atoms with van der Waals surface area (Å²) in [6, 6.07) is 15.4. The average molecular weight is 664 g/mol. The molecular formula is C27H24BrFIN3O3. The SMILES string of the molecule is CCCc1nc2ccc(Br)cc2c(=O)n1N=Cc1cc(I)c(OCc2ccc(F)cc2)c(OCC)c1. The van der Waals surface area contributed by atoms with E-state index >= 15 is 0 Å². The highest BCUT2D eigenvalue weighted by Crippen LogP contribution is 2.34. The highest BCUT2D eigenvalue weighted by molar-refractivity contribution is 14.1. The maximum Gasteiger partial charge on any atom is 0.282 e. The zero-order valence-electron chi connectivity index (χ0n) is 19.8. The molecule has 0 saturated carbocycles. The Hall–Kier alpha value is -2.79. The van der Waals surface area contributed by atoms with Crippen molar-refractivity contribution in [1.29, 1.82) is 0 Å². The number of hydrogen-bond acceptors (Lipinski definition) is 5. The number of rotatable bonds is 9. The summed E-state index contributed by atoms with van der Waals surface area (Å²) in [4.78, 5) is 17.9. The average Bonchev–Trinajstić information content (AvgIpc) is 2.85. The fourth-order valence-corrected chi connectivity index (χ4v) is 4.77. The van der Waals surface area contributed by atoms with Gasteiger partial charge in [0.05, 0.1) is 27.3 Å². The van der Waals surface area contributed by atoms with Crippen molar-refractivity contribution in [3.63, 3.8) is 0 Å². The molecule has 36 heavy (non-hydrogen) atoms. The maximum absolute atomic E-state index is 13.2. The van der Waals surface area contributed by atoms with Crippen molar-refractivity contribution < 1.29 is 13.9 Å². The second-order valence-corrected chi connectivity index (χ2v) is 10.1. The van der Waals surface area contributed by atoms with E-state index < -0.39 is 0 Å². The van der Waals surface area contributed by atoms with E-state index in [4.69, 9.17) is 9.47 Å². The van der Waals surface area contributed by atoms with Gasteiger partial charge in [-0.1, -0.05) is 35.0 Å². The molecule has 0 radical (unpaired) electrons. The Labute approximate surface area is 230 Å². The highest BCUT2D eigenvalue weighted by Gasteiger charge is 2.14. The monoisotopic (exact) mass is 663 g/mol. The quantitative estimate of drug-likeness (QED) is 0.147. The Bertz CT molecular complexity index is 1470. The van der Waals surface area contributed by atoms with Crippen LogP contribution in [0.4, 0.5) is 4.39 Å². The third kappa shape index (κ3) is 6.12. The van der Waals surface area contributed by atoms with Crippen LogP contribution in [0.1, 0.15) is 37.2 Å². The summed E-state index contributed by atoms with van der Waals surface area (Å²) in [6.07, 6.45) is 3.08. The number of fused-ring (bicyclic) bond motifs is 1. The summed E-state index contributed by atoms with van der Waals surface area (Å²) in [6.45, 7) is 4.66. The first-order valence-corrected chi connectivity index (χ1v) is 13.4. The molecule has 0 unspecified atom stereocenters. The number of ether oxygens (including phenoxy) is 2. The molecule has 1 aromatic heterocycles. The molecule has 0 atom stereocenters. The number of aryl methyl sites for hydroxylation is 1. The molecule has 9 heteroatoms. The number of nitrogens with zero attached hydrogens (tertiary/aromatic N) is 3. The van der Waals surface area contributed by atoms with Crippen LogP contribution < -0.4 is 15.0 Å². The van der Waals surface area contributed by atoms with Crippen LogP contribution in [0.5, 0.6) is 11.5 Å². The number of halogens is 3. The third-order valence-corrected chi connectivity index (χ3v) is 6.59.